The number of anilines is 1. The van der Waals surface area contributed by atoms with Crippen LogP contribution in [0.1, 0.15) is 13.8 Å². The molecule has 108 valence electrons. The number of rotatable bonds is 9. The predicted molar refractivity (Wildman–Crippen MR) is 76.6 cm³/mol. The van der Waals surface area contributed by atoms with Crippen LogP contribution in [0.15, 0.2) is 17.2 Å². The standard InChI is InChI=1S/C13H24N4O2/c1-11(2)10-17-8-6-16-12(13(17)18)15-5-4-14-7-9-19-3/h6,8,11,14H,4-5,7,9-10H2,1-3H3,(H,15,16). The smallest absolute Gasteiger partial charge is 0.293 e. The fourth-order valence-electron chi connectivity index (χ4n) is 1.67. The van der Waals surface area contributed by atoms with Crippen LogP contribution in [-0.2, 0) is 11.3 Å². The van der Waals surface area contributed by atoms with Gasteiger partial charge < -0.3 is 19.9 Å². The first-order valence-electron chi connectivity index (χ1n) is 6.64. The molecule has 6 nitrogen and oxygen atoms in total. The number of hydrogen-bond acceptors (Lipinski definition) is 5. The van der Waals surface area contributed by atoms with Crippen LogP contribution in [-0.4, -0.2) is 42.9 Å². The third kappa shape index (κ3) is 5.85. The summed E-state index contributed by atoms with van der Waals surface area (Å²) in [5.41, 5.74) is -0.0620. The van der Waals surface area contributed by atoms with E-state index in [0.717, 1.165) is 13.1 Å². The Kier molecular flexibility index (Phi) is 7.14. The molecule has 0 amide bonds. The summed E-state index contributed by atoms with van der Waals surface area (Å²) in [7, 11) is 1.67. The van der Waals surface area contributed by atoms with Gasteiger partial charge in [0.2, 0.25) is 0 Å². The van der Waals surface area contributed by atoms with Gasteiger partial charge >= 0.3 is 0 Å². The Morgan fingerprint density at radius 2 is 2.16 bits per heavy atom. The van der Waals surface area contributed by atoms with Crippen LogP contribution in [0.5, 0.6) is 0 Å². The second kappa shape index (κ2) is 8.66. The molecule has 0 aromatic carbocycles. The number of aromatic nitrogens is 2. The molecule has 0 aliphatic heterocycles. The molecule has 0 unspecified atom stereocenters. The Balaban J connectivity index is 2.43. The fourth-order valence-corrected chi connectivity index (χ4v) is 1.67. The average molecular weight is 268 g/mol. The maximum atomic E-state index is 12.1. The summed E-state index contributed by atoms with van der Waals surface area (Å²) in [5, 5.41) is 6.25. The van der Waals surface area contributed by atoms with Crippen molar-refractivity contribution in [2.24, 2.45) is 5.92 Å². The van der Waals surface area contributed by atoms with Crippen LogP contribution < -0.4 is 16.2 Å². The average Bonchev–Trinajstić information content (AvgIpc) is 2.37. The summed E-state index contributed by atoms with van der Waals surface area (Å²) < 4.78 is 6.62. The maximum Gasteiger partial charge on any atom is 0.293 e. The third-order valence-electron chi connectivity index (χ3n) is 2.55. The van der Waals surface area contributed by atoms with Crippen molar-refractivity contribution in [2.75, 3.05) is 38.7 Å². The minimum absolute atomic E-state index is 0.0620. The first-order valence-corrected chi connectivity index (χ1v) is 6.64. The SMILES string of the molecule is COCCNCCNc1nccn(CC(C)C)c1=O. The van der Waals surface area contributed by atoms with Gasteiger partial charge in [0.05, 0.1) is 6.61 Å². The minimum atomic E-state index is -0.0620. The lowest BCUT2D eigenvalue weighted by atomic mass is 10.2. The van der Waals surface area contributed by atoms with E-state index in [1.807, 2.05) is 0 Å². The van der Waals surface area contributed by atoms with E-state index in [2.05, 4.69) is 29.5 Å². The van der Waals surface area contributed by atoms with E-state index >= 15 is 0 Å². The number of methoxy groups -OCH3 is 1. The van der Waals surface area contributed by atoms with E-state index in [0.29, 0.717) is 31.4 Å². The first-order chi connectivity index (χ1) is 9.15. The van der Waals surface area contributed by atoms with Crippen molar-refractivity contribution >= 4 is 5.82 Å². The maximum absolute atomic E-state index is 12.1. The summed E-state index contributed by atoms with van der Waals surface area (Å²) in [6, 6.07) is 0. The molecule has 1 aromatic heterocycles. The topological polar surface area (TPSA) is 68.2 Å². The minimum Gasteiger partial charge on any atom is -0.383 e. The van der Waals surface area contributed by atoms with E-state index in [1.165, 1.54) is 0 Å². The van der Waals surface area contributed by atoms with E-state index in [9.17, 15) is 4.79 Å². The first kappa shape index (κ1) is 15.7. The fraction of sp³-hybridized carbons (Fsp3) is 0.692. The molecule has 0 saturated carbocycles. The molecule has 1 aromatic rings. The number of nitrogens with one attached hydrogen (secondary N) is 2. The summed E-state index contributed by atoms with van der Waals surface area (Å²) >= 11 is 0. The Bertz CT molecular complexity index is 417. The summed E-state index contributed by atoms with van der Waals surface area (Å²) in [6.45, 7) is 7.80. The van der Waals surface area contributed by atoms with Gasteiger partial charge in [-0.1, -0.05) is 13.8 Å². The lowest BCUT2D eigenvalue weighted by molar-refractivity contribution is 0.200. The molecule has 1 heterocycles. The van der Waals surface area contributed by atoms with Gasteiger partial charge in [0, 0.05) is 45.7 Å². The van der Waals surface area contributed by atoms with Gasteiger partial charge in [0.15, 0.2) is 5.82 Å². The van der Waals surface area contributed by atoms with Crippen molar-refractivity contribution in [2.45, 2.75) is 20.4 Å². The van der Waals surface area contributed by atoms with Gasteiger partial charge in [-0.2, -0.15) is 0 Å². The van der Waals surface area contributed by atoms with Gasteiger partial charge in [-0.25, -0.2) is 4.98 Å². The van der Waals surface area contributed by atoms with Crippen LogP contribution in [0, 0.1) is 5.92 Å². The molecule has 0 aliphatic rings. The van der Waals surface area contributed by atoms with Crippen molar-refractivity contribution in [1.29, 1.82) is 0 Å². The van der Waals surface area contributed by atoms with Gasteiger partial charge in [0.25, 0.3) is 5.56 Å². The quantitative estimate of drug-likeness (QED) is 0.640. The van der Waals surface area contributed by atoms with E-state index in [-0.39, 0.29) is 5.56 Å². The molecular formula is C13H24N4O2. The van der Waals surface area contributed by atoms with E-state index in [1.54, 1.807) is 24.1 Å². The molecule has 1 rings (SSSR count). The van der Waals surface area contributed by atoms with Gasteiger partial charge in [-0.15, -0.1) is 0 Å². The van der Waals surface area contributed by atoms with Crippen molar-refractivity contribution in [3.8, 4) is 0 Å². The molecule has 0 atom stereocenters. The second-order valence-corrected chi connectivity index (χ2v) is 4.80. The zero-order valence-electron chi connectivity index (χ0n) is 12.0. The monoisotopic (exact) mass is 268 g/mol. The Morgan fingerprint density at radius 1 is 1.37 bits per heavy atom. The largest absolute Gasteiger partial charge is 0.383 e. The Labute approximate surface area is 114 Å². The molecular weight excluding hydrogens is 244 g/mol. The Hall–Kier alpha value is -1.40. The van der Waals surface area contributed by atoms with Crippen LogP contribution in [0.25, 0.3) is 0 Å². The van der Waals surface area contributed by atoms with Crippen LogP contribution in [0.4, 0.5) is 5.82 Å². The summed E-state index contributed by atoms with van der Waals surface area (Å²) in [4.78, 5) is 16.2. The highest BCUT2D eigenvalue weighted by molar-refractivity contribution is 5.30. The number of nitrogens with zero attached hydrogens (tertiary/aromatic N) is 2. The van der Waals surface area contributed by atoms with Gasteiger partial charge in [-0.3, -0.25) is 4.79 Å². The highest BCUT2D eigenvalue weighted by Crippen LogP contribution is 1.98. The molecule has 0 aliphatic carbocycles. The Morgan fingerprint density at radius 3 is 2.84 bits per heavy atom. The van der Waals surface area contributed by atoms with Crippen LogP contribution >= 0.6 is 0 Å². The summed E-state index contributed by atoms with van der Waals surface area (Å²) in [6.07, 6.45) is 3.38. The third-order valence-corrected chi connectivity index (χ3v) is 2.55. The zero-order valence-corrected chi connectivity index (χ0v) is 12.0. The number of ether oxygens (including phenoxy) is 1. The molecule has 0 spiro atoms. The van der Waals surface area contributed by atoms with E-state index < -0.39 is 0 Å². The van der Waals surface area contributed by atoms with E-state index in [4.69, 9.17) is 4.74 Å². The lowest BCUT2D eigenvalue weighted by Gasteiger charge is -2.11. The highest BCUT2D eigenvalue weighted by Gasteiger charge is 2.05. The van der Waals surface area contributed by atoms with Crippen molar-refractivity contribution < 1.29 is 4.74 Å². The lowest BCUT2D eigenvalue weighted by Crippen LogP contribution is -2.30. The molecule has 6 heteroatoms. The van der Waals surface area contributed by atoms with Gasteiger partial charge in [0.1, 0.15) is 0 Å². The second-order valence-electron chi connectivity index (χ2n) is 4.80. The predicted octanol–water partition coefficient (Wildman–Crippen LogP) is 0.547. The van der Waals surface area contributed by atoms with Crippen LogP contribution in [0.2, 0.25) is 0 Å². The molecule has 19 heavy (non-hydrogen) atoms. The van der Waals surface area contributed by atoms with Crippen molar-refractivity contribution in [3.63, 3.8) is 0 Å². The molecule has 0 saturated heterocycles. The molecule has 0 bridgehead atoms. The molecule has 0 fully saturated rings. The molecule has 2 N–H and O–H groups in total. The summed E-state index contributed by atoms with van der Waals surface area (Å²) in [5.74, 6) is 0.848. The molecule has 0 radical (unpaired) electrons. The van der Waals surface area contributed by atoms with Crippen LogP contribution in [0.3, 0.4) is 0 Å². The zero-order chi connectivity index (χ0) is 14.1. The van der Waals surface area contributed by atoms with Crippen molar-refractivity contribution in [1.82, 2.24) is 14.9 Å². The highest BCUT2D eigenvalue weighted by atomic mass is 16.5. The van der Waals surface area contributed by atoms with Gasteiger partial charge in [-0.05, 0) is 5.92 Å². The van der Waals surface area contributed by atoms with Crippen molar-refractivity contribution in [3.05, 3.63) is 22.7 Å². The number of hydrogen-bond donors (Lipinski definition) is 2. The normalized spacial score (nSPS) is 10.9.